The Morgan fingerprint density at radius 1 is 1.00 bits per heavy atom. The van der Waals surface area contributed by atoms with Gasteiger partial charge in [-0.15, -0.1) is 0 Å². The molecule has 0 saturated carbocycles. The Bertz CT molecular complexity index is 1200. The van der Waals surface area contributed by atoms with Crippen LogP contribution in [0.25, 0.3) is 6.08 Å². The van der Waals surface area contributed by atoms with Crippen LogP contribution in [0.2, 0.25) is 5.02 Å². The van der Waals surface area contributed by atoms with Crippen LogP contribution in [0.5, 0.6) is 0 Å². The van der Waals surface area contributed by atoms with Crippen LogP contribution in [0.15, 0.2) is 89.6 Å². The van der Waals surface area contributed by atoms with Crippen molar-refractivity contribution in [3.8, 4) is 0 Å². The van der Waals surface area contributed by atoms with E-state index < -0.39 is 0 Å². The van der Waals surface area contributed by atoms with Crippen molar-refractivity contribution in [2.45, 2.75) is 6.92 Å². The van der Waals surface area contributed by atoms with Crippen LogP contribution in [0.1, 0.15) is 18.1 Å². The number of anilines is 2. The first-order valence-corrected chi connectivity index (χ1v) is 10.1. The van der Waals surface area contributed by atoms with Crippen molar-refractivity contribution in [2.75, 3.05) is 16.8 Å². The molecule has 0 saturated heterocycles. The minimum absolute atomic E-state index is 0.0664. The number of benzene rings is 3. The quantitative estimate of drug-likeness (QED) is 0.538. The summed E-state index contributed by atoms with van der Waals surface area (Å²) in [4.78, 5) is 32.8. The highest BCUT2D eigenvalue weighted by Crippen LogP contribution is 2.29. The first-order valence-electron chi connectivity index (χ1n) is 9.74. The van der Waals surface area contributed by atoms with E-state index in [1.54, 1.807) is 35.1 Å². The number of carbonyl (C=O) groups excluding carboxylic acids is 2. The smallest absolute Gasteiger partial charge is 0.282 e. The second-order valence-corrected chi connectivity index (χ2v) is 7.56. The van der Waals surface area contributed by atoms with Gasteiger partial charge in [-0.1, -0.05) is 54.1 Å². The third-order valence-corrected chi connectivity index (χ3v) is 5.25. The summed E-state index contributed by atoms with van der Waals surface area (Å²) in [7, 11) is 1.71. The lowest BCUT2D eigenvalue weighted by Gasteiger charge is -2.20. The summed E-state index contributed by atoms with van der Waals surface area (Å²) in [6.07, 6.45) is 1.73. The summed E-state index contributed by atoms with van der Waals surface area (Å²) in [6.45, 7) is 1.50. The summed E-state index contributed by atoms with van der Waals surface area (Å²) >= 11 is 6.09. The second kappa shape index (κ2) is 8.58. The number of nitrogens with zero attached hydrogens (tertiary/aromatic N) is 3. The first-order chi connectivity index (χ1) is 14.9. The van der Waals surface area contributed by atoms with Crippen LogP contribution in [0, 0.1) is 0 Å². The maximum absolute atomic E-state index is 13.4. The summed E-state index contributed by atoms with van der Waals surface area (Å²) in [5, 5.41) is 0.592. The molecule has 0 spiro atoms. The highest BCUT2D eigenvalue weighted by molar-refractivity contribution is 6.33. The molecule has 3 aromatic carbocycles. The van der Waals surface area contributed by atoms with E-state index in [9.17, 15) is 9.59 Å². The van der Waals surface area contributed by atoms with Gasteiger partial charge in [-0.25, -0.2) is 4.99 Å². The molecule has 5 nitrogen and oxygen atoms in total. The average molecular weight is 430 g/mol. The van der Waals surface area contributed by atoms with Gasteiger partial charge in [0.05, 0.1) is 5.69 Å². The number of halogens is 1. The van der Waals surface area contributed by atoms with E-state index in [4.69, 9.17) is 11.6 Å². The number of amidine groups is 1. The van der Waals surface area contributed by atoms with Gasteiger partial charge in [0, 0.05) is 30.2 Å². The highest BCUT2D eigenvalue weighted by atomic mass is 35.5. The molecule has 0 atom stereocenters. The van der Waals surface area contributed by atoms with E-state index in [1.807, 2.05) is 66.7 Å². The van der Waals surface area contributed by atoms with Crippen molar-refractivity contribution in [3.05, 3.63) is 101 Å². The van der Waals surface area contributed by atoms with Crippen LogP contribution in [-0.4, -0.2) is 24.7 Å². The van der Waals surface area contributed by atoms with Gasteiger partial charge in [0.25, 0.3) is 5.91 Å². The van der Waals surface area contributed by atoms with E-state index in [2.05, 4.69) is 4.99 Å². The monoisotopic (exact) mass is 429 g/mol. The van der Waals surface area contributed by atoms with Crippen LogP contribution >= 0.6 is 11.6 Å². The molecular weight excluding hydrogens is 410 g/mol. The molecule has 6 heteroatoms. The SMILES string of the molecule is CC(=O)N(C)c1ccc(N2C(=O)C(=Cc3cccc(Cl)c3)N=C2c2ccccc2)cc1. The minimum atomic E-state index is -0.230. The Hall–Kier alpha value is -3.70. The molecule has 0 radical (unpaired) electrons. The van der Waals surface area contributed by atoms with Gasteiger partial charge in [0.15, 0.2) is 0 Å². The molecule has 1 heterocycles. The Morgan fingerprint density at radius 3 is 2.35 bits per heavy atom. The van der Waals surface area contributed by atoms with E-state index in [0.29, 0.717) is 22.2 Å². The molecule has 31 heavy (non-hydrogen) atoms. The third kappa shape index (κ3) is 4.27. The minimum Gasteiger partial charge on any atom is -0.316 e. The van der Waals surface area contributed by atoms with E-state index in [0.717, 1.165) is 16.8 Å². The van der Waals surface area contributed by atoms with Crippen molar-refractivity contribution in [1.29, 1.82) is 0 Å². The number of aliphatic imine (C=N–C) groups is 1. The summed E-state index contributed by atoms with van der Waals surface area (Å²) in [5.41, 5.74) is 3.37. The summed E-state index contributed by atoms with van der Waals surface area (Å²) in [5.74, 6) is 0.251. The van der Waals surface area contributed by atoms with Gasteiger partial charge in [-0.05, 0) is 48.0 Å². The van der Waals surface area contributed by atoms with Crippen LogP contribution < -0.4 is 9.80 Å². The predicted octanol–water partition coefficient (Wildman–Crippen LogP) is 5.16. The zero-order valence-electron chi connectivity index (χ0n) is 17.1. The molecule has 1 aliphatic heterocycles. The normalized spacial score (nSPS) is 14.7. The second-order valence-electron chi connectivity index (χ2n) is 7.12. The van der Waals surface area contributed by atoms with E-state index >= 15 is 0 Å². The molecule has 0 aromatic heterocycles. The van der Waals surface area contributed by atoms with Gasteiger partial charge < -0.3 is 4.90 Å². The average Bonchev–Trinajstić information content (AvgIpc) is 3.10. The van der Waals surface area contributed by atoms with Gasteiger partial charge in [-0.2, -0.15) is 0 Å². The fraction of sp³-hybridized carbons (Fsp3) is 0.0800. The Kier molecular flexibility index (Phi) is 5.69. The lowest BCUT2D eigenvalue weighted by Crippen LogP contribution is -2.32. The van der Waals surface area contributed by atoms with Crippen LogP contribution in [-0.2, 0) is 9.59 Å². The molecular formula is C25H20ClN3O2. The van der Waals surface area contributed by atoms with Crippen molar-refractivity contribution < 1.29 is 9.59 Å². The largest absolute Gasteiger partial charge is 0.316 e. The van der Waals surface area contributed by atoms with Crippen molar-refractivity contribution in [3.63, 3.8) is 0 Å². The zero-order valence-corrected chi connectivity index (χ0v) is 17.9. The molecule has 4 rings (SSSR count). The lowest BCUT2D eigenvalue weighted by atomic mass is 10.1. The molecule has 0 fully saturated rings. The predicted molar refractivity (Wildman–Crippen MR) is 125 cm³/mol. The van der Waals surface area contributed by atoms with E-state index in [-0.39, 0.29) is 11.8 Å². The molecule has 0 aliphatic carbocycles. The number of hydrogen-bond acceptors (Lipinski definition) is 3. The third-order valence-electron chi connectivity index (χ3n) is 5.01. The number of hydrogen-bond donors (Lipinski definition) is 0. The maximum Gasteiger partial charge on any atom is 0.282 e. The number of carbonyl (C=O) groups is 2. The summed E-state index contributed by atoms with van der Waals surface area (Å²) < 4.78 is 0. The fourth-order valence-electron chi connectivity index (χ4n) is 3.30. The van der Waals surface area contributed by atoms with Crippen LogP contribution in [0.4, 0.5) is 11.4 Å². The van der Waals surface area contributed by atoms with Crippen molar-refractivity contribution in [2.24, 2.45) is 4.99 Å². The summed E-state index contributed by atoms with van der Waals surface area (Å²) in [6, 6.07) is 24.1. The molecule has 3 aromatic rings. The highest BCUT2D eigenvalue weighted by Gasteiger charge is 2.32. The standard InChI is InChI=1S/C25H20ClN3O2/c1-17(30)28(2)21-11-13-22(14-12-21)29-24(19-8-4-3-5-9-19)27-23(25(29)31)16-18-7-6-10-20(26)15-18/h3-16H,1-2H3. The molecule has 2 amide bonds. The topological polar surface area (TPSA) is 53.0 Å². The Morgan fingerprint density at radius 2 is 1.71 bits per heavy atom. The van der Waals surface area contributed by atoms with Gasteiger partial charge in [0.1, 0.15) is 11.5 Å². The molecule has 0 N–H and O–H groups in total. The lowest BCUT2D eigenvalue weighted by molar-refractivity contribution is -0.116. The molecule has 0 unspecified atom stereocenters. The molecule has 154 valence electrons. The van der Waals surface area contributed by atoms with Gasteiger partial charge >= 0.3 is 0 Å². The maximum atomic E-state index is 13.4. The fourth-order valence-corrected chi connectivity index (χ4v) is 3.50. The van der Waals surface area contributed by atoms with Gasteiger partial charge in [0.2, 0.25) is 5.91 Å². The Balaban J connectivity index is 1.76. The van der Waals surface area contributed by atoms with Crippen molar-refractivity contribution >= 4 is 46.7 Å². The van der Waals surface area contributed by atoms with Crippen molar-refractivity contribution in [1.82, 2.24) is 0 Å². The number of amides is 2. The van der Waals surface area contributed by atoms with Crippen LogP contribution in [0.3, 0.4) is 0 Å². The Labute approximate surface area is 185 Å². The number of rotatable bonds is 4. The van der Waals surface area contributed by atoms with E-state index in [1.165, 1.54) is 6.92 Å². The molecule has 1 aliphatic rings. The zero-order chi connectivity index (χ0) is 22.0. The first kappa shape index (κ1) is 20.6. The molecule has 0 bridgehead atoms. The van der Waals surface area contributed by atoms with Gasteiger partial charge in [-0.3, -0.25) is 14.5 Å².